The van der Waals surface area contributed by atoms with Gasteiger partial charge in [0.2, 0.25) is 0 Å². The molecule has 1 aliphatic heterocycles. The molecule has 24 heavy (non-hydrogen) atoms. The van der Waals surface area contributed by atoms with Gasteiger partial charge in [0.05, 0.1) is 18.5 Å². The first-order valence-electron chi connectivity index (χ1n) is 7.94. The van der Waals surface area contributed by atoms with Crippen LogP contribution in [0.3, 0.4) is 0 Å². The summed E-state index contributed by atoms with van der Waals surface area (Å²) in [6.45, 7) is 4.79. The van der Waals surface area contributed by atoms with Crippen LogP contribution >= 0.6 is 0 Å². The molecule has 2 aromatic carbocycles. The molecule has 3 aromatic rings. The summed E-state index contributed by atoms with van der Waals surface area (Å²) < 4.78 is 5.33. The third-order valence-corrected chi connectivity index (χ3v) is 4.58. The Morgan fingerprint density at radius 3 is 2.75 bits per heavy atom. The van der Waals surface area contributed by atoms with Crippen molar-refractivity contribution in [2.75, 3.05) is 13.7 Å². The van der Waals surface area contributed by atoms with E-state index in [2.05, 4.69) is 11.6 Å². The normalized spacial score (nSPS) is 13.9. The second kappa shape index (κ2) is 5.57. The smallest absolute Gasteiger partial charge is 0.258 e. The molecule has 2 heterocycles. The standard InChI is InChI=1S/C20H18N2O2/c1-13-19-16(17-12-15(24-2)8-9-18(17)21-19)10-11-22(13)20(23)14-6-4-3-5-7-14/h3-9,12,21H,1,10-11H2,2H3. The van der Waals surface area contributed by atoms with Crippen LogP contribution in [-0.4, -0.2) is 29.4 Å². The first-order valence-corrected chi connectivity index (χ1v) is 7.94. The quantitative estimate of drug-likeness (QED) is 0.780. The zero-order valence-corrected chi connectivity index (χ0v) is 13.5. The molecule has 0 fully saturated rings. The lowest BCUT2D eigenvalue weighted by molar-refractivity contribution is 0.0833. The number of amides is 1. The fourth-order valence-corrected chi connectivity index (χ4v) is 3.31. The summed E-state index contributed by atoms with van der Waals surface area (Å²) in [7, 11) is 1.67. The molecule has 0 saturated carbocycles. The minimum absolute atomic E-state index is 0.0116. The summed E-state index contributed by atoms with van der Waals surface area (Å²) in [6, 6.07) is 15.3. The highest BCUT2D eigenvalue weighted by Crippen LogP contribution is 2.35. The fourth-order valence-electron chi connectivity index (χ4n) is 3.31. The number of aromatic amines is 1. The van der Waals surface area contributed by atoms with E-state index in [1.54, 1.807) is 12.0 Å². The SMILES string of the molecule is C=C1c2[nH]c3ccc(OC)cc3c2CCN1C(=O)c1ccccc1. The van der Waals surface area contributed by atoms with Crippen molar-refractivity contribution in [2.45, 2.75) is 6.42 Å². The van der Waals surface area contributed by atoms with Crippen molar-refractivity contribution in [3.8, 4) is 5.75 Å². The number of carbonyl (C=O) groups is 1. The zero-order chi connectivity index (χ0) is 16.7. The Bertz CT molecular complexity index is 941. The van der Waals surface area contributed by atoms with E-state index in [1.807, 2.05) is 48.5 Å². The second-order valence-electron chi connectivity index (χ2n) is 5.91. The van der Waals surface area contributed by atoms with E-state index >= 15 is 0 Å². The summed E-state index contributed by atoms with van der Waals surface area (Å²) in [4.78, 5) is 17.9. The lowest BCUT2D eigenvalue weighted by Gasteiger charge is -2.29. The van der Waals surface area contributed by atoms with Gasteiger partial charge < -0.3 is 14.6 Å². The Kier molecular flexibility index (Phi) is 3.38. The monoisotopic (exact) mass is 318 g/mol. The Labute approximate surface area is 140 Å². The Morgan fingerprint density at radius 1 is 1.21 bits per heavy atom. The average Bonchev–Trinajstić information content (AvgIpc) is 3.01. The Balaban J connectivity index is 1.74. The summed E-state index contributed by atoms with van der Waals surface area (Å²) >= 11 is 0. The van der Waals surface area contributed by atoms with Gasteiger partial charge in [0.15, 0.2) is 0 Å². The highest BCUT2D eigenvalue weighted by atomic mass is 16.5. The fraction of sp³-hybridized carbons (Fsp3) is 0.150. The van der Waals surface area contributed by atoms with Gasteiger partial charge >= 0.3 is 0 Å². The van der Waals surface area contributed by atoms with E-state index in [0.29, 0.717) is 12.1 Å². The van der Waals surface area contributed by atoms with E-state index in [4.69, 9.17) is 4.74 Å². The maximum Gasteiger partial charge on any atom is 0.258 e. The van der Waals surface area contributed by atoms with Crippen molar-refractivity contribution >= 4 is 22.5 Å². The number of methoxy groups -OCH3 is 1. The molecule has 1 amide bonds. The van der Waals surface area contributed by atoms with Gasteiger partial charge in [-0.1, -0.05) is 24.8 Å². The number of carbonyl (C=O) groups excluding carboxylic acids is 1. The topological polar surface area (TPSA) is 45.3 Å². The predicted molar refractivity (Wildman–Crippen MR) is 95.1 cm³/mol. The van der Waals surface area contributed by atoms with Gasteiger partial charge in [-0.05, 0) is 42.3 Å². The molecule has 120 valence electrons. The van der Waals surface area contributed by atoms with Crippen LogP contribution in [0.5, 0.6) is 5.75 Å². The van der Waals surface area contributed by atoms with E-state index < -0.39 is 0 Å². The van der Waals surface area contributed by atoms with E-state index in [9.17, 15) is 4.79 Å². The number of benzene rings is 2. The third-order valence-electron chi connectivity index (χ3n) is 4.58. The van der Waals surface area contributed by atoms with Gasteiger partial charge in [-0.15, -0.1) is 0 Å². The van der Waals surface area contributed by atoms with Crippen molar-refractivity contribution in [1.82, 2.24) is 9.88 Å². The van der Waals surface area contributed by atoms with Gasteiger partial charge in [-0.25, -0.2) is 0 Å². The maximum atomic E-state index is 12.8. The van der Waals surface area contributed by atoms with Crippen LogP contribution in [-0.2, 0) is 6.42 Å². The van der Waals surface area contributed by atoms with E-state index in [0.717, 1.165) is 34.5 Å². The van der Waals surface area contributed by atoms with Gasteiger partial charge in [-0.2, -0.15) is 0 Å². The molecule has 1 aliphatic rings. The molecular weight excluding hydrogens is 300 g/mol. The van der Waals surface area contributed by atoms with Crippen molar-refractivity contribution in [1.29, 1.82) is 0 Å². The Hall–Kier alpha value is -3.01. The van der Waals surface area contributed by atoms with Gasteiger partial charge in [-0.3, -0.25) is 4.79 Å². The van der Waals surface area contributed by atoms with Crippen LogP contribution in [0.15, 0.2) is 55.1 Å². The highest BCUT2D eigenvalue weighted by Gasteiger charge is 2.28. The number of H-pyrrole nitrogens is 1. The number of nitrogens with one attached hydrogen (secondary N) is 1. The van der Waals surface area contributed by atoms with Gasteiger partial charge in [0.25, 0.3) is 5.91 Å². The van der Waals surface area contributed by atoms with Crippen molar-refractivity contribution in [2.24, 2.45) is 0 Å². The van der Waals surface area contributed by atoms with Crippen LogP contribution in [0.25, 0.3) is 16.6 Å². The lowest BCUT2D eigenvalue weighted by atomic mass is 10.0. The summed E-state index contributed by atoms with van der Waals surface area (Å²) in [5, 5.41) is 1.14. The van der Waals surface area contributed by atoms with Crippen LogP contribution in [0.1, 0.15) is 21.6 Å². The first-order chi connectivity index (χ1) is 11.7. The number of fused-ring (bicyclic) bond motifs is 3. The molecule has 0 spiro atoms. The van der Waals surface area contributed by atoms with Crippen LogP contribution < -0.4 is 4.74 Å². The molecule has 0 radical (unpaired) electrons. The van der Waals surface area contributed by atoms with E-state index in [-0.39, 0.29) is 5.91 Å². The van der Waals surface area contributed by atoms with Crippen LogP contribution in [0.4, 0.5) is 0 Å². The molecule has 0 bridgehead atoms. The molecule has 0 unspecified atom stereocenters. The molecule has 4 rings (SSSR count). The summed E-state index contributed by atoms with van der Waals surface area (Å²) in [5.74, 6) is 0.820. The van der Waals surface area contributed by atoms with Crippen LogP contribution in [0, 0.1) is 0 Å². The predicted octanol–water partition coefficient (Wildman–Crippen LogP) is 3.85. The molecule has 1 N–H and O–H groups in total. The van der Waals surface area contributed by atoms with Crippen LogP contribution in [0.2, 0.25) is 0 Å². The van der Waals surface area contributed by atoms with Crippen molar-refractivity contribution in [3.63, 3.8) is 0 Å². The third kappa shape index (κ3) is 2.19. The number of nitrogens with zero attached hydrogens (tertiary/aromatic N) is 1. The summed E-state index contributed by atoms with van der Waals surface area (Å²) in [6.07, 6.45) is 0.792. The summed E-state index contributed by atoms with van der Waals surface area (Å²) in [5.41, 5.74) is 4.58. The first kappa shape index (κ1) is 14.6. The number of ether oxygens (including phenoxy) is 1. The highest BCUT2D eigenvalue weighted by molar-refractivity contribution is 6.01. The second-order valence-corrected chi connectivity index (χ2v) is 5.91. The molecular formula is C20H18N2O2. The van der Waals surface area contributed by atoms with Gasteiger partial charge in [0, 0.05) is 23.0 Å². The molecule has 0 aliphatic carbocycles. The minimum Gasteiger partial charge on any atom is -0.497 e. The number of rotatable bonds is 2. The zero-order valence-electron chi connectivity index (χ0n) is 13.5. The lowest BCUT2D eigenvalue weighted by Crippen LogP contribution is -2.34. The average molecular weight is 318 g/mol. The number of aromatic nitrogens is 1. The largest absolute Gasteiger partial charge is 0.497 e. The molecule has 4 nitrogen and oxygen atoms in total. The molecule has 1 aromatic heterocycles. The minimum atomic E-state index is -0.0116. The van der Waals surface area contributed by atoms with Crippen molar-refractivity contribution < 1.29 is 9.53 Å². The van der Waals surface area contributed by atoms with E-state index in [1.165, 1.54) is 5.56 Å². The number of hydrogen-bond donors (Lipinski definition) is 1. The van der Waals surface area contributed by atoms with Crippen molar-refractivity contribution in [3.05, 3.63) is 71.9 Å². The molecule has 4 heteroatoms. The molecule has 0 atom stereocenters. The van der Waals surface area contributed by atoms with Gasteiger partial charge in [0.1, 0.15) is 5.75 Å². The molecule has 0 saturated heterocycles. The number of hydrogen-bond acceptors (Lipinski definition) is 2. The Morgan fingerprint density at radius 2 is 2.00 bits per heavy atom. The maximum absolute atomic E-state index is 12.8.